The molecule has 0 heterocycles. The topological polar surface area (TPSA) is 69.6 Å². The summed E-state index contributed by atoms with van der Waals surface area (Å²) in [7, 11) is 1.64. The lowest BCUT2D eigenvalue weighted by Crippen LogP contribution is -2.40. The van der Waals surface area contributed by atoms with Crippen molar-refractivity contribution in [3.8, 4) is 0 Å². The van der Waals surface area contributed by atoms with Gasteiger partial charge in [0, 0.05) is 26.6 Å². The van der Waals surface area contributed by atoms with Crippen LogP contribution >= 0.6 is 0 Å². The summed E-state index contributed by atoms with van der Waals surface area (Å²) in [5.74, 6) is -0.143. The molecule has 0 aliphatic rings. The van der Waals surface area contributed by atoms with E-state index in [4.69, 9.17) is 5.11 Å². The Kier molecular flexibility index (Phi) is 6.37. The number of aliphatic hydroxyl groups excluding tert-OH is 1. The summed E-state index contributed by atoms with van der Waals surface area (Å²) in [4.78, 5) is 25.4. The number of amides is 2. The maximum absolute atomic E-state index is 12.5. The summed E-state index contributed by atoms with van der Waals surface area (Å²) < 4.78 is 0. The second-order valence-electron chi connectivity index (χ2n) is 5.43. The third-order valence-electron chi connectivity index (χ3n) is 3.54. The minimum Gasteiger partial charge on any atom is -0.396 e. The average molecular weight is 292 g/mol. The van der Waals surface area contributed by atoms with Crippen molar-refractivity contribution in [1.29, 1.82) is 0 Å². The quantitative estimate of drug-likeness (QED) is 0.840. The first-order valence-corrected chi connectivity index (χ1v) is 7.13. The smallest absolute Gasteiger partial charge is 0.253 e. The summed E-state index contributed by atoms with van der Waals surface area (Å²) in [6.07, 6.45) is 0.508. The number of nitrogens with zero attached hydrogens (tertiary/aromatic N) is 1. The van der Waals surface area contributed by atoms with Crippen LogP contribution < -0.4 is 10.2 Å². The molecule has 1 aromatic rings. The predicted molar refractivity (Wildman–Crippen MR) is 83.3 cm³/mol. The fraction of sp³-hybridized carbons (Fsp3) is 0.500. The number of benzene rings is 1. The Morgan fingerprint density at radius 1 is 1.29 bits per heavy atom. The summed E-state index contributed by atoms with van der Waals surface area (Å²) in [6.45, 7) is 5.47. The molecular weight excluding hydrogens is 268 g/mol. The molecule has 1 rings (SSSR count). The van der Waals surface area contributed by atoms with Gasteiger partial charge >= 0.3 is 0 Å². The Bertz CT molecular complexity index is 500. The van der Waals surface area contributed by atoms with Gasteiger partial charge in [0.05, 0.1) is 11.3 Å². The molecular formula is C16H24N2O3. The van der Waals surface area contributed by atoms with Crippen molar-refractivity contribution in [3.05, 3.63) is 29.8 Å². The maximum Gasteiger partial charge on any atom is 0.253 e. The molecule has 0 bridgehead atoms. The Labute approximate surface area is 126 Å². The van der Waals surface area contributed by atoms with E-state index in [-0.39, 0.29) is 30.4 Å². The lowest BCUT2D eigenvalue weighted by Gasteiger charge is -2.24. The number of hydrogen-bond acceptors (Lipinski definition) is 3. The summed E-state index contributed by atoms with van der Waals surface area (Å²) in [5.41, 5.74) is 1.03. The lowest BCUT2D eigenvalue weighted by molar-refractivity contribution is -0.116. The third kappa shape index (κ3) is 4.56. The van der Waals surface area contributed by atoms with Crippen LogP contribution in [0, 0.1) is 5.92 Å². The first-order valence-electron chi connectivity index (χ1n) is 7.13. The highest BCUT2D eigenvalue weighted by atomic mass is 16.3. The first-order chi connectivity index (χ1) is 9.88. The number of carbonyl (C=O) groups excluding carboxylic acids is 2. The van der Waals surface area contributed by atoms with Gasteiger partial charge in [-0.05, 0) is 24.5 Å². The van der Waals surface area contributed by atoms with E-state index in [0.29, 0.717) is 17.7 Å². The van der Waals surface area contributed by atoms with Crippen LogP contribution in [0.2, 0.25) is 0 Å². The van der Waals surface area contributed by atoms with Gasteiger partial charge in [0.2, 0.25) is 5.91 Å². The second kappa shape index (κ2) is 7.78. The Hall–Kier alpha value is -1.88. The Balaban J connectivity index is 2.99. The van der Waals surface area contributed by atoms with Crippen molar-refractivity contribution < 1.29 is 14.7 Å². The summed E-state index contributed by atoms with van der Waals surface area (Å²) in [6, 6.07) is 6.90. The maximum atomic E-state index is 12.5. The van der Waals surface area contributed by atoms with Gasteiger partial charge in [-0.1, -0.05) is 26.0 Å². The fourth-order valence-corrected chi connectivity index (χ4v) is 2.09. The molecule has 1 aromatic carbocycles. The monoisotopic (exact) mass is 292 g/mol. The standard InChI is InChI=1S/C16H24N2O3/c1-11(2)14(9-10-19)17-16(21)13-7-5-6-8-15(13)18(4)12(3)20/h5-8,11,14,19H,9-10H2,1-4H3,(H,17,21). The zero-order chi connectivity index (χ0) is 16.0. The van der Waals surface area contributed by atoms with Crippen LogP contribution in [0.4, 0.5) is 5.69 Å². The van der Waals surface area contributed by atoms with Crippen molar-refractivity contribution >= 4 is 17.5 Å². The van der Waals surface area contributed by atoms with Gasteiger partial charge in [-0.15, -0.1) is 0 Å². The van der Waals surface area contributed by atoms with Crippen molar-refractivity contribution in [1.82, 2.24) is 5.32 Å². The highest BCUT2D eigenvalue weighted by Crippen LogP contribution is 2.20. The van der Waals surface area contributed by atoms with Crippen molar-refractivity contribution in [3.63, 3.8) is 0 Å². The molecule has 0 aliphatic carbocycles. The van der Waals surface area contributed by atoms with Crippen LogP contribution in [0.5, 0.6) is 0 Å². The van der Waals surface area contributed by atoms with Gasteiger partial charge in [0.25, 0.3) is 5.91 Å². The molecule has 116 valence electrons. The zero-order valence-electron chi connectivity index (χ0n) is 13.1. The molecule has 21 heavy (non-hydrogen) atoms. The van der Waals surface area contributed by atoms with Gasteiger partial charge in [-0.3, -0.25) is 9.59 Å². The SMILES string of the molecule is CC(=O)N(C)c1ccccc1C(=O)NC(CCO)C(C)C. The van der Waals surface area contributed by atoms with Crippen molar-refractivity contribution in [2.75, 3.05) is 18.6 Å². The van der Waals surface area contributed by atoms with Crippen molar-refractivity contribution in [2.24, 2.45) is 5.92 Å². The minimum absolute atomic E-state index is 0.0259. The van der Waals surface area contributed by atoms with E-state index in [1.54, 1.807) is 31.3 Å². The largest absolute Gasteiger partial charge is 0.396 e. The Morgan fingerprint density at radius 3 is 2.43 bits per heavy atom. The fourth-order valence-electron chi connectivity index (χ4n) is 2.09. The number of aliphatic hydroxyl groups is 1. The van der Waals surface area contributed by atoms with Gasteiger partial charge in [-0.25, -0.2) is 0 Å². The lowest BCUT2D eigenvalue weighted by atomic mass is 10.0. The van der Waals surface area contributed by atoms with Crippen LogP contribution in [-0.4, -0.2) is 36.6 Å². The van der Waals surface area contributed by atoms with Crippen LogP contribution in [0.1, 0.15) is 37.6 Å². The van der Waals surface area contributed by atoms with Gasteiger partial charge in [0.15, 0.2) is 0 Å². The van der Waals surface area contributed by atoms with Gasteiger partial charge in [0.1, 0.15) is 0 Å². The normalized spacial score (nSPS) is 12.1. The number of anilines is 1. The molecule has 5 heteroatoms. The van der Waals surface area contributed by atoms with E-state index >= 15 is 0 Å². The van der Waals surface area contributed by atoms with Crippen LogP contribution in [0.15, 0.2) is 24.3 Å². The summed E-state index contributed by atoms with van der Waals surface area (Å²) in [5, 5.41) is 12.0. The van der Waals surface area contributed by atoms with Crippen LogP contribution in [0.3, 0.4) is 0 Å². The highest BCUT2D eigenvalue weighted by molar-refractivity contribution is 6.04. The predicted octanol–water partition coefficient (Wildman–Crippen LogP) is 1.81. The zero-order valence-corrected chi connectivity index (χ0v) is 13.1. The van der Waals surface area contributed by atoms with Gasteiger partial charge < -0.3 is 15.3 Å². The molecule has 0 radical (unpaired) electrons. The molecule has 2 amide bonds. The molecule has 0 saturated heterocycles. The first kappa shape index (κ1) is 17.2. The molecule has 0 aromatic heterocycles. The third-order valence-corrected chi connectivity index (χ3v) is 3.54. The molecule has 0 fully saturated rings. The number of hydrogen-bond donors (Lipinski definition) is 2. The molecule has 0 saturated carbocycles. The van der Waals surface area contributed by atoms with E-state index < -0.39 is 0 Å². The molecule has 1 unspecified atom stereocenters. The molecule has 0 spiro atoms. The number of para-hydroxylation sites is 1. The number of carbonyl (C=O) groups is 2. The summed E-state index contributed by atoms with van der Waals surface area (Å²) >= 11 is 0. The van der Waals surface area contributed by atoms with E-state index in [1.165, 1.54) is 11.8 Å². The minimum atomic E-state index is -0.231. The average Bonchev–Trinajstić information content (AvgIpc) is 2.45. The Morgan fingerprint density at radius 2 is 1.90 bits per heavy atom. The molecule has 5 nitrogen and oxygen atoms in total. The second-order valence-corrected chi connectivity index (χ2v) is 5.43. The van der Waals surface area contributed by atoms with Crippen LogP contribution in [0.25, 0.3) is 0 Å². The highest BCUT2D eigenvalue weighted by Gasteiger charge is 2.20. The van der Waals surface area contributed by atoms with E-state index in [1.807, 2.05) is 13.8 Å². The number of rotatable bonds is 6. The van der Waals surface area contributed by atoms with E-state index in [2.05, 4.69) is 5.32 Å². The van der Waals surface area contributed by atoms with Crippen LogP contribution in [-0.2, 0) is 4.79 Å². The number of nitrogens with one attached hydrogen (secondary N) is 1. The molecule has 0 aliphatic heterocycles. The van der Waals surface area contributed by atoms with Gasteiger partial charge in [-0.2, -0.15) is 0 Å². The van der Waals surface area contributed by atoms with Crippen molar-refractivity contribution in [2.45, 2.75) is 33.2 Å². The molecule has 2 N–H and O–H groups in total. The van der Waals surface area contributed by atoms with E-state index in [9.17, 15) is 9.59 Å². The van der Waals surface area contributed by atoms with E-state index in [0.717, 1.165) is 0 Å². The molecule has 1 atom stereocenters.